The fourth-order valence-electron chi connectivity index (χ4n) is 6.15. The number of amides is 2. The summed E-state index contributed by atoms with van der Waals surface area (Å²) in [6.07, 6.45) is 0. The Balaban J connectivity index is 1.33. The number of Topliss-reactive ketones (excluding diaryl/α,β-unsaturated/α-hetero) is 1. The number of carbonyl (C=O) groups excluding carboxylic acids is 4. The lowest BCUT2D eigenvalue weighted by Gasteiger charge is -2.54. The van der Waals surface area contributed by atoms with Gasteiger partial charge in [-0.05, 0) is 41.3 Å². The summed E-state index contributed by atoms with van der Waals surface area (Å²) in [7, 11) is 0. The van der Waals surface area contributed by atoms with E-state index in [0.717, 1.165) is 9.37 Å². The highest BCUT2D eigenvalue weighted by atomic mass is 79.9. The van der Waals surface area contributed by atoms with E-state index in [9.17, 15) is 19.2 Å². The zero-order valence-electron chi connectivity index (χ0n) is 20.0. The van der Waals surface area contributed by atoms with Gasteiger partial charge in [-0.15, -0.1) is 23.2 Å². The lowest BCUT2D eigenvalue weighted by molar-refractivity contribution is -0.157. The van der Waals surface area contributed by atoms with Crippen molar-refractivity contribution >= 4 is 62.7 Å². The average molecular weight is 613 g/mol. The summed E-state index contributed by atoms with van der Waals surface area (Å²) in [6.45, 7) is 0.882. The zero-order chi connectivity index (χ0) is 27.0. The van der Waals surface area contributed by atoms with E-state index in [1.54, 1.807) is 24.3 Å². The third-order valence-electron chi connectivity index (χ3n) is 7.86. The fraction of sp³-hybridized carbons (Fsp3) is 0.241. The molecule has 4 aliphatic rings. The summed E-state index contributed by atoms with van der Waals surface area (Å²) >= 11 is 18.1. The molecular formula is C29H20BrCl2NO5. The molecule has 3 aromatic carbocycles. The van der Waals surface area contributed by atoms with Crippen LogP contribution in [0.4, 0.5) is 0 Å². The second-order valence-corrected chi connectivity index (χ2v) is 11.8. The minimum absolute atomic E-state index is 0.369. The smallest absolute Gasteiger partial charge is 0.329 e. The fourth-order valence-corrected chi connectivity index (χ4v) is 7.51. The number of carbonyl (C=O) groups is 4. The van der Waals surface area contributed by atoms with Crippen molar-refractivity contribution in [2.75, 3.05) is 6.61 Å². The predicted molar refractivity (Wildman–Crippen MR) is 144 cm³/mol. The van der Waals surface area contributed by atoms with Gasteiger partial charge in [-0.25, -0.2) is 4.79 Å². The molecule has 0 N–H and O–H groups in total. The molecule has 3 aromatic rings. The minimum Gasteiger partial charge on any atom is -0.456 e. The minimum atomic E-state index is -1.34. The highest BCUT2D eigenvalue weighted by molar-refractivity contribution is 9.10. The molecule has 38 heavy (non-hydrogen) atoms. The van der Waals surface area contributed by atoms with Gasteiger partial charge in [-0.3, -0.25) is 19.3 Å². The molecule has 0 spiro atoms. The van der Waals surface area contributed by atoms with Gasteiger partial charge in [0.25, 0.3) is 0 Å². The van der Waals surface area contributed by atoms with Gasteiger partial charge in [0.15, 0.2) is 12.4 Å². The SMILES string of the molecule is C[C@@H](C(=O)OCC(=O)c1ccc(Br)cc1)N1C(=O)[C@@H]2[C@H](C1=O)C1(Cl)c3ccccc3C2(Cl)c2ccccc21. The van der Waals surface area contributed by atoms with Crippen LogP contribution in [0.1, 0.15) is 39.5 Å². The van der Waals surface area contributed by atoms with E-state index in [1.165, 1.54) is 6.92 Å². The number of imide groups is 1. The van der Waals surface area contributed by atoms with Crippen LogP contribution < -0.4 is 0 Å². The molecule has 3 atom stereocenters. The number of halogens is 3. The van der Waals surface area contributed by atoms with Gasteiger partial charge < -0.3 is 4.74 Å². The van der Waals surface area contributed by atoms with E-state index in [1.807, 2.05) is 48.5 Å². The molecule has 0 unspecified atom stereocenters. The summed E-state index contributed by atoms with van der Waals surface area (Å²) in [5.41, 5.74) is 3.07. The van der Waals surface area contributed by atoms with Crippen LogP contribution in [0.3, 0.4) is 0 Å². The first kappa shape index (κ1) is 25.3. The van der Waals surface area contributed by atoms with Gasteiger partial charge in [0.05, 0.1) is 11.8 Å². The van der Waals surface area contributed by atoms with Crippen molar-refractivity contribution in [1.29, 1.82) is 0 Å². The lowest BCUT2D eigenvalue weighted by atomic mass is 9.54. The molecule has 0 radical (unpaired) electrons. The van der Waals surface area contributed by atoms with Crippen LogP contribution >= 0.6 is 39.1 Å². The number of ether oxygens (including phenoxy) is 1. The van der Waals surface area contributed by atoms with Gasteiger partial charge in [-0.2, -0.15) is 0 Å². The van der Waals surface area contributed by atoms with Crippen LogP contribution in [0, 0.1) is 11.8 Å². The van der Waals surface area contributed by atoms with Crippen LogP contribution in [0.2, 0.25) is 0 Å². The number of hydrogen-bond donors (Lipinski definition) is 0. The number of hydrogen-bond acceptors (Lipinski definition) is 5. The van der Waals surface area contributed by atoms with Crippen LogP contribution in [-0.2, 0) is 28.9 Å². The molecular weight excluding hydrogens is 593 g/mol. The van der Waals surface area contributed by atoms with Gasteiger partial charge >= 0.3 is 5.97 Å². The normalized spacial score (nSPS) is 27.4. The number of ketones is 1. The van der Waals surface area contributed by atoms with Crippen molar-refractivity contribution in [3.05, 3.63) is 105 Å². The maximum Gasteiger partial charge on any atom is 0.329 e. The molecule has 1 fully saturated rings. The second kappa shape index (κ2) is 8.76. The Morgan fingerprint density at radius 1 is 0.842 bits per heavy atom. The van der Waals surface area contributed by atoms with E-state index in [-0.39, 0.29) is 0 Å². The Labute approximate surface area is 237 Å². The van der Waals surface area contributed by atoms with Crippen LogP contribution in [0.5, 0.6) is 0 Å². The van der Waals surface area contributed by atoms with Crippen molar-refractivity contribution in [3.8, 4) is 0 Å². The lowest BCUT2D eigenvalue weighted by Crippen LogP contribution is -2.57. The van der Waals surface area contributed by atoms with Gasteiger partial charge in [0, 0.05) is 10.0 Å². The second-order valence-electron chi connectivity index (χ2n) is 9.73. The average Bonchev–Trinajstić information content (AvgIpc) is 3.21. The summed E-state index contributed by atoms with van der Waals surface area (Å²) in [6, 6.07) is 20.0. The third-order valence-corrected chi connectivity index (χ3v) is 9.67. The summed E-state index contributed by atoms with van der Waals surface area (Å²) in [5, 5.41) is 0. The van der Waals surface area contributed by atoms with Crippen LogP contribution in [0.25, 0.3) is 0 Å². The Kier molecular flexibility index (Phi) is 5.83. The van der Waals surface area contributed by atoms with E-state index in [2.05, 4.69) is 15.9 Å². The van der Waals surface area contributed by atoms with Crippen molar-refractivity contribution in [1.82, 2.24) is 4.90 Å². The first-order valence-corrected chi connectivity index (χ1v) is 13.6. The molecule has 192 valence electrons. The molecule has 0 aromatic heterocycles. The first-order valence-electron chi connectivity index (χ1n) is 12.0. The summed E-state index contributed by atoms with van der Waals surface area (Å²) in [4.78, 5) is 51.6. The largest absolute Gasteiger partial charge is 0.456 e. The topological polar surface area (TPSA) is 80.8 Å². The van der Waals surface area contributed by atoms with Gasteiger partial charge in [-0.1, -0.05) is 76.6 Å². The van der Waals surface area contributed by atoms with Crippen LogP contribution in [0.15, 0.2) is 77.3 Å². The number of nitrogens with zero attached hydrogens (tertiary/aromatic N) is 1. The Morgan fingerprint density at radius 3 is 1.68 bits per heavy atom. The molecule has 9 heteroatoms. The van der Waals surface area contributed by atoms with E-state index in [0.29, 0.717) is 27.8 Å². The first-order chi connectivity index (χ1) is 18.1. The Morgan fingerprint density at radius 2 is 1.26 bits per heavy atom. The summed E-state index contributed by atoms with van der Waals surface area (Å²) < 4.78 is 6.05. The standard InChI is InChI=1S/C29H20BrCl2NO5/c1-15(27(37)38-14-22(34)16-10-12-17(30)13-11-16)33-25(35)23-24(26(33)36)29(32)19-7-3-2-6-18(19)28(23,31)20-8-4-5-9-21(20)29/h2-13,15,23-24H,14H2,1H3/t15-,23-,24+,28?,29?/m0/s1. The predicted octanol–water partition coefficient (Wildman–Crippen LogP) is 5.16. The molecule has 2 amide bonds. The van der Waals surface area contributed by atoms with Gasteiger partial charge in [0.2, 0.25) is 11.8 Å². The highest BCUT2D eigenvalue weighted by Gasteiger charge is 2.73. The number of likely N-dealkylation sites (tertiary alicyclic amines) is 1. The number of benzene rings is 3. The number of alkyl halides is 2. The van der Waals surface area contributed by atoms with Crippen molar-refractivity contribution in [2.45, 2.75) is 22.7 Å². The van der Waals surface area contributed by atoms with Crippen molar-refractivity contribution in [2.24, 2.45) is 11.8 Å². The molecule has 1 saturated heterocycles. The highest BCUT2D eigenvalue weighted by Crippen LogP contribution is 2.69. The summed E-state index contributed by atoms with van der Waals surface area (Å²) in [5.74, 6) is -4.49. The van der Waals surface area contributed by atoms with E-state index in [4.69, 9.17) is 27.9 Å². The number of esters is 1. The van der Waals surface area contributed by atoms with Gasteiger partial charge in [0.1, 0.15) is 15.8 Å². The van der Waals surface area contributed by atoms with Crippen molar-refractivity contribution < 1.29 is 23.9 Å². The molecule has 7 rings (SSSR count). The number of rotatable bonds is 5. The molecule has 2 bridgehead atoms. The monoisotopic (exact) mass is 611 g/mol. The molecule has 1 heterocycles. The molecule has 0 saturated carbocycles. The van der Waals surface area contributed by atoms with Crippen molar-refractivity contribution in [3.63, 3.8) is 0 Å². The Hall–Kier alpha value is -3.00. The quantitative estimate of drug-likeness (QED) is 0.172. The zero-order valence-corrected chi connectivity index (χ0v) is 23.1. The van der Waals surface area contributed by atoms with E-state index >= 15 is 0 Å². The molecule has 1 aliphatic heterocycles. The maximum atomic E-state index is 13.9. The maximum absolute atomic E-state index is 13.9. The molecule has 6 nitrogen and oxygen atoms in total. The van der Waals surface area contributed by atoms with Crippen LogP contribution in [-0.4, -0.2) is 41.1 Å². The van der Waals surface area contributed by atoms with E-state index < -0.39 is 57.8 Å². The Bertz CT molecular complexity index is 1420. The molecule has 3 aliphatic carbocycles. The third kappa shape index (κ3) is 3.25.